The smallest absolute Gasteiger partial charge is 0.416 e. The molecule has 0 saturated heterocycles. The van der Waals surface area contributed by atoms with Crippen LogP contribution in [0.15, 0.2) is 48.5 Å². The summed E-state index contributed by atoms with van der Waals surface area (Å²) < 4.78 is 46.7. The molecular weight excluding hydrogens is 367 g/mol. The number of nitrogens with one attached hydrogen (secondary N) is 1. The normalized spacial score (nSPS) is 11.2. The van der Waals surface area contributed by atoms with Gasteiger partial charge in [0, 0.05) is 11.3 Å². The highest BCUT2D eigenvalue weighted by Crippen LogP contribution is 2.30. The van der Waals surface area contributed by atoms with Crippen LogP contribution in [0.2, 0.25) is 0 Å². The number of halogens is 3. The zero-order valence-corrected chi connectivity index (χ0v) is 14.2. The fraction of sp³-hybridized carbons (Fsp3) is 0.118. The topological polar surface area (TPSA) is 64.1 Å². The molecule has 0 bridgehead atoms. The number of aromatic nitrogens is 2. The zero-order valence-electron chi connectivity index (χ0n) is 13.4. The van der Waals surface area contributed by atoms with Crippen molar-refractivity contribution in [3.63, 3.8) is 0 Å². The summed E-state index contributed by atoms with van der Waals surface area (Å²) in [6.45, 7) is 0. The average molecular weight is 379 g/mol. The first-order valence-electron chi connectivity index (χ1n) is 7.34. The van der Waals surface area contributed by atoms with Crippen LogP contribution in [0.3, 0.4) is 0 Å². The van der Waals surface area contributed by atoms with Crippen LogP contribution in [-0.2, 0) is 6.18 Å². The van der Waals surface area contributed by atoms with Crippen molar-refractivity contribution in [1.82, 2.24) is 9.59 Å². The summed E-state index contributed by atoms with van der Waals surface area (Å²) in [4.78, 5) is 12.7. The van der Waals surface area contributed by atoms with Crippen LogP contribution in [0.4, 0.5) is 18.9 Å². The zero-order chi connectivity index (χ0) is 18.7. The Hall–Kier alpha value is -2.94. The summed E-state index contributed by atoms with van der Waals surface area (Å²) in [6.07, 6.45) is -4.42. The van der Waals surface area contributed by atoms with Crippen molar-refractivity contribution in [1.29, 1.82) is 0 Å². The number of anilines is 1. The lowest BCUT2D eigenvalue weighted by molar-refractivity contribution is -0.137. The largest absolute Gasteiger partial charge is 0.497 e. The van der Waals surface area contributed by atoms with E-state index in [4.69, 9.17) is 4.74 Å². The molecular formula is C17H12F3N3O2S. The summed E-state index contributed by atoms with van der Waals surface area (Å²) >= 11 is 0.905. The van der Waals surface area contributed by atoms with Gasteiger partial charge in [-0.25, -0.2) is 0 Å². The first-order chi connectivity index (χ1) is 12.4. The molecule has 26 heavy (non-hydrogen) atoms. The molecule has 0 unspecified atom stereocenters. The van der Waals surface area contributed by atoms with Crippen molar-refractivity contribution in [3.05, 3.63) is 59.0 Å². The van der Waals surface area contributed by atoms with Crippen molar-refractivity contribution < 1.29 is 22.7 Å². The van der Waals surface area contributed by atoms with E-state index < -0.39 is 17.6 Å². The van der Waals surface area contributed by atoms with Crippen LogP contribution in [0, 0.1) is 0 Å². The van der Waals surface area contributed by atoms with Crippen molar-refractivity contribution in [3.8, 4) is 17.0 Å². The Morgan fingerprint density at radius 1 is 1.08 bits per heavy atom. The summed E-state index contributed by atoms with van der Waals surface area (Å²) in [6, 6.07) is 11.1. The third-order valence-electron chi connectivity index (χ3n) is 3.53. The maximum atomic E-state index is 12.6. The van der Waals surface area contributed by atoms with Crippen LogP contribution in [-0.4, -0.2) is 22.6 Å². The van der Waals surface area contributed by atoms with Gasteiger partial charge >= 0.3 is 6.18 Å². The van der Waals surface area contributed by atoms with Crippen molar-refractivity contribution in [2.24, 2.45) is 0 Å². The second-order valence-corrected chi connectivity index (χ2v) is 5.96. The van der Waals surface area contributed by atoms with Crippen LogP contribution in [0.5, 0.6) is 5.75 Å². The Labute approximate surface area is 150 Å². The number of rotatable bonds is 4. The third-order valence-corrected chi connectivity index (χ3v) is 4.25. The van der Waals surface area contributed by atoms with Gasteiger partial charge in [0.25, 0.3) is 5.91 Å². The Bertz CT molecular complexity index is 906. The predicted molar refractivity (Wildman–Crippen MR) is 91.3 cm³/mol. The molecule has 0 aliphatic heterocycles. The van der Waals surface area contributed by atoms with Gasteiger partial charge in [-0.1, -0.05) is 4.49 Å². The number of ether oxygens (including phenoxy) is 1. The molecule has 5 nitrogen and oxygen atoms in total. The Morgan fingerprint density at radius 2 is 1.73 bits per heavy atom. The number of alkyl halides is 3. The quantitative estimate of drug-likeness (QED) is 0.726. The monoisotopic (exact) mass is 379 g/mol. The lowest BCUT2D eigenvalue weighted by Crippen LogP contribution is -2.12. The summed E-state index contributed by atoms with van der Waals surface area (Å²) in [7, 11) is 1.54. The van der Waals surface area contributed by atoms with E-state index in [2.05, 4.69) is 14.9 Å². The molecule has 9 heteroatoms. The van der Waals surface area contributed by atoms with E-state index in [0.29, 0.717) is 17.0 Å². The molecule has 0 aliphatic carbocycles. The summed E-state index contributed by atoms with van der Waals surface area (Å²) in [5.41, 5.74) is 0.533. The minimum Gasteiger partial charge on any atom is -0.497 e. The molecule has 1 amide bonds. The Morgan fingerprint density at radius 3 is 2.31 bits per heavy atom. The van der Waals surface area contributed by atoms with Gasteiger partial charge in [-0.2, -0.15) is 13.2 Å². The van der Waals surface area contributed by atoms with E-state index >= 15 is 0 Å². The third kappa shape index (κ3) is 3.83. The first-order valence-corrected chi connectivity index (χ1v) is 8.11. The lowest BCUT2D eigenvalue weighted by atomic mass is 10.1. The van der Waals surface area contributed by atoms with Crippen molar-refractivity contribution >= 4 is 23.1 Å². The van der Waals surface area contributed by atoms with Gasteiger partial charge < -0.3 is 10.1 Å². The highest BCUT2D eigenvalue weighted by molar-refractivity contribution is 7.08. The molecule has 3 aromatic rings. The highest BCUT2D eigenvalue weighted by Gasteiger charge is 2.30. The second kappa shape index (κ2) is 7.12. The van der Waals surface area contributed by atoms with E-state index in [9.17, 15) is 18.0 Å². The predicted octanol–water partition coefficient (Wildman–Crippen LogP) is 4.48. The minimum atomic E-state index is -4.42. The molecule has 2 aromatic carbocycles. The number of carbonyl (C=O) groups is 1. The summed E-state index contributed by atoms with van der Waals surface area (Å²) in [5.74, 6) is 0.165. The van der Waals surface area contributed by atoms with Gasteiger partial charge in [-0.3, -0.25) is 4.79 Å². The number of amides is 1. The van der Waals surface area contributed by atoms with E-state index in [1.165, 1.54) is 12.1 Å². The van der Waals surface area contributed by atoms with Gasteiger partial charge in [-0.05, 0) is 60.1 Å². The number of nitrogens with zero attached hydrogens (tertiary/aromatic N) is 2. The first kappa shape index (κ1) is 17.9. The second-order valence-electron chi connectivity index (χ2n) is 5.21. The van der Waals surface area contributed by atoms with Gasteiger partial charge in [0.05, 0.1) is 12.7 Å². The number of benzene rings is 2. The fourth-order valence-electron chi connectivity index (χ4n) is 2.21. The van der Waals surface area contributed by atoms with E-state index in [0.717, 1.165) is 23.7 Å². The lowest BCUT2D eigenvalue weighted by Gasteiger charge is -2.08. The van der Waals surface area contributed by atoms with E-state index in [1.54, 1.807) is 31.4 Å². The van der Waals surface area contributed by atoms with E-state index in [-0.39, 0.29) is 10.6 Å². The van der Waals surface area contributed by atoms with Crippen LogP contribution >= 0.6 is 11.5 Å². The molecule has 0 fully saturated rings. The summed E-state index contributed by atoms with van der Waals surface area (Å²) in [5, 5.41) is 6.52. The molecule has 0 radical (unpaired) electrons. The Kier molecular flexibility index (Phi) is 4.90. The maximum absolute atomic E-state index is 12.6. The van der Waals surface area contributed by atoms with E-state index in [1.807, 2.05) is 0 Å². The average Bonchev–Trinajstić information content (AvgIpc) is 3.11. The number of hydrogen-bond acceptors (Lipinski definition) is 5. The Balaban J connectivity index is 1.79. The van der Waals surface area contributed by atoms with Crippen molar-refractivity contribution in [2.75, 3.05) is 12.4 Å². The number of carbonyl (C=O) groups excluding carboxylic acids is 1. The SMILES string of the molecule is COc1ccc(-c2nnsc2C(=O)Nc2ccc(C(F)(F)F)cc2)cc1. The van der Waals surface area contributed by atoms with Crippen LogP contribution < -0.4 is 10.1 Å². The molecule has 0 spiro atoms. The molecule has 1 N–H and O–H groups in total. The molecule has 3 rings (SSSR count). The molecule has 0 aliphatic rings. The fourth-order valence-corrected chi connectivity index (χ4v) is 2.79. The molecule has 134 valence electrons. The van der Waals surface area contributed by atoms with Gasteiger partial charge in [0.2, 0.25) is 0 Å². The van der Waals surface area contributed by atoms with Crippen molar-refractivity contribution in [2.45, 2.75) is 6.18 Å². The molecule has 0 atom stereocenters. The number of hydrogen-bond donors (Lipinski definition) is 1. The molecule has 1 aromatic heterocycles. The minimum absolute atomic E-state index is 0.247. The standard InChI is InChI=1S/C17H12F3N3O2S/c1-25-13-8-2-10(3-9-13)14-15(26-23-22-14)16(24)21-12-6-4-11(5-7-12)17(18,19)20/h2-9H,1H3,(H,21,24). The van der Waals surface area contributed by atoms with Gasteiger partial charge in [0.15, 0.2) is 0 Å². The molecule has 0 saturated carbocycles. The van der Waals surface area contributed by atoms with Crippen LogP contribution in [0.1, 0.15) is 15.2 Å². The van der Waals surface area contributed by atoms with Crippen LogP contribution in [0.25, 0.3) is 11.3 Å². The van der Waals surface area contributed by atoms with Gasteiger partial charge in [0.1, 0.15) is 16.3 Å². The molecule has 1 heterocycles. The maximum Gasteiger partial charge on any atom is 0.416 e. The number of methoxy groups -OCH3 is 1. The van der Waals surface area contributed by atoms with Gasteiger partial charge in [-0.15, -0.1) is 5.10 Å². The highest BCUT2D eigenvalue weighted by atomic mass is 32.1.